The molecule has 1 aromatic heterocycles. The van der Waals surface area contributed by atoms with Crippen LogP contribution in [0.4, 0.5) is 5.69 Å². The van der Waals surface area contributed by atoms with Crippen molar-refractivity contribution in [3.05, 3.63) is 57.9 Å². The Labute approximate surface area is 166 Å². The second kappa shape index (κ2) is 8.57. The quantitative estimate of drug-likeness (QED) is 0.386. The molecule has 10 heteroatoms. The molecule has 0 aliphatic heterocycles. The van der Waals surface area contributed by atoms with E-state index in [4.69, 9.17) is 15.2 Å². The van der Waals surface area contributed by atoms with E-state index in [1.165, 1.54) is 18.2 Å². The van der Waals surface area contributed by atoms with Gasteiger partial charge in [-0.05, 0) is 43.7 Å². The number of hydrogen-bond acceptors (Lipinski definition) is 8. The average Bonchev–Trinajstić information content (AvgIpc) is 3.19. The number of hydrogen-bond donors (Lipinski definition) is 3. The van der Waals surface area contributed by atoms with E-state index in [-0.39, 0.29) is 5.82 Å². The van der Waals surface area contributed by atoms with E-state index in [9.17, 15) is 15.2 Å². The smallest absolute Gasteiger partial charge is 0.311 e. The number of aromatic nitrogens is 3. The minimum Gasteiger partial charge on any atom is -0.502 e. The van der Waals surface area contributed by atoms with E-state index in [0.717, 1.165) is 5.56 Å². The van der Waals surface area contributed by atoms with Crippen LogP contribution in [0.5, 0.6) is 17.2 Å². The molecule has 0 saturated carbocycles. The maximum atomic E-state index is 11.0. The van der Waals surface area contributed by atoms with Gasteiger partial charge in [0.15, 0.2) is 23.1 Å². The zero-order valence-electron chi connectivity index (χ0n) is 16.0. The number of aromatic hydroxyl groups is 1. The van der Waals surface area contributed by atoms with E-state index in [1.807, 2.05) is 19.9 Å². The molecule has 4 N–H and O–H groups in total. The molecule has 3 rings (SSSR count). The molecule has 0 aliphatic carbocycles. The van der Waals surface area contributed by atoms with Gasteiger partial charge >= 0.3 is 5.69 Å². The number of benzene rings is 2. The van der Waals surface area contributed by atoms with E-state index in [1.54, 1.807) is 12.1 Å². The lowest BCUT2D eigenvalue weighted by atomic mass is 10.1. The number of ether oxygens (including phenoxy) is 2. The van der Waals surface area contributed by atoms with E-state index >= 15 is 0 Å². The lowest BCUT2D eigenvalue weighted by Gasteiger charge is -2.14. The molecule has 2 aromatic carbocycles. The highest BCUT2D eigenvalue weighted by Gasteiger charge is 2.20. The zero-order chi connectivity index (χ0) is 21.0. The summed E-state index contributed by atoms with van der Waals surface area (Å²) in [5, 5.41) is 27.5. The highest BCUT2D eigenvalue weighted by atomic mass is 16.6. The molecule has 29 heavy (non-hydrogen) atoms. The summed E-state index contributed by atoms with van der Waals surface area (Å²) in [6.07, 6.45) is 0. The van der Waals surface area contributed by atoms with Crippen molar-refractivity contribution in [3.63, 3.8) is 0 Å². The second-order valence-electron chi connectivity index (χ2n) is 6.05. The van der Waals surface area contributed by atoms with Crippen LogP contribution in [0.2, 0.25) is 0 Å². The highest BCUT2D eigenvalue weighted by Crippen LogP contribution is 2.33. The highest BCUT2D eigenvalue weighted by molar-refractivity contribution is 5.63. The molecule has 0 amide bonds. The molecular formula is C19H21N5O5. The largest absolute Gasteiger partial charge is 0.502 e. The number of H-pyrrole nitrogens is 1. The van der Waals surface area contributed by atoms with Crippen LogP contribution < -0.4 is 15.2 Å². The van der Waals surface area contributed by atoms with Gasteiger partial charge in [0.2, 0.25) is 0 Å². The predicted octanol–water partition coefficient (Wildman–Crippen LogP) is 2.93. The molecule has 0 aliphatic rings. The minimum absolute atomic E-state index is 0.231. The van der Waals surface area contributed by atoms with Crippen LogP contribution in [-0.2, 0) is 0 Å². The minimum atomic E-state index is -0.673. The maximum absolute atomic E-state index is 11.0. The first-order chi connectivity index (χ1) is 13.9. The summed E-state index contributed by atoms with van der Waals surface area (Å²) in [4.78, 5) is 14.7. The first-order valence-electron chi connectivity index (χ1n) is 8.99. The molecule has 0 saturated heterocycles. The fourth-order valence-corrected chi connectivity index (χ4v) is 2.77. The Morgan fingerprint density at radius 1 is 1.17 bits per heavy atom. The first-order valence-corrected chi connectivity index (χ1v) is 8.99. The standard InChI is InChI=1S/C19H21N5O5/c1-3-28-15-8-6-11(10-16(15)29-4-2)17(20)19-21-18(22-23-19)12-5-7-14(25)13(9-12)24(26)27/h5-10,17,25H,3-4,20H2,1-2H3,(H,21,22,23). The molecule has 0 spiro atoms. The number of phenolic OH excluding ortho intramolecular Hbond substituents is 1. The number of nitrogens with zero attached hydrogens (tertiary/aromatic N) is 3. The van der Waals surface area contributed by atoms with Gasteiger partial charge in [0, 0.05) is 11.6 Å². The van der Waals surface area contributed by atoms with Gasteiger partial charge in [-0.15, -0.1) is 0 Å². The number of nitrogens with one attached hydrogen (secondary N) is 1. The number of nitro benzene ring substituents is 1. The van der Waals surface area contributed by atoms with Gasteiger partial charge in [0.25, 0.3) is 0 Å². The summed E-state index contributed by atoms with van der Waals surface area (Å²) in [5.74, 6) is 1.39. The predicted molar refractivity (Wildman–Crippen MR) is 105 cm³/mol. The van der Waals surface area contributed by atoms with Crippen LogP contribution in [0, 0.1) is 10.1 Å². The van der Waals surface area contributed by atoms with Crippen molar-refractivity contribution in [2.24, 2.45) is 5.73 Å². The van der Waals surface area contributed by atoms with Crippen molar-refractivity contribution < 1.29 is 19.5 Å². The van der Waals surface area contributed by atoms with E-state index < -0.39 is 22.4 Å². The Balaban J connectivity index is 1.89. The van der Waals surface area contributed by atoms with Gasteiger partial charge in [0.05, 0.1) is 24.2 Å². The number of rotatable bonds is 8. The van der Waals surface area contributed by atoms with Crippen molar-refractivity contribution in [2.45, 2.75) is 19.9 Å². The summed E-state index contributed by atoms with van der Waals surface area (Å²) in [5.41, 5.74) is 7.01. The summed E-state index contributed by atoms with van der Waals surface area (Å²) < 4.78 is 11.2. The van der Waals surface area contributed by atoms with Crippen molar-refractivity contribution in [1.29, 1.82) is 0 Å². The zero-order valence-corrected chi connectivity index (χ0v) is 16.0. The number of nitro groups is 1. The Bertz CT molecular complexity index is 1020. The van der Waals surface area contributed by atoms with Gasteiger partial charge in [-0.1, -0.05) is 6.07 Å². The summed E-state index contributed by atoms with van der Waals surface area (Å²) in [6, 6.07) is 8.67. The van der Waals surface area contributed by atoms with Gasteiger partial charge in [0.1, 0.15) is 5.82 Å². The van der Waals surface area contributed by atoms with Crippen LogP contribution in [-0.4, -0.2) is 38.4 Å². The fraction of sp³-hybridized carbons (Fsp3) is 0.263. The maximum Gasteiger partial charge on any atom is 0.311 e. The molecule has 152 valence electrons. The van der Waals surface area contributed by atoms with E-state index in [2.05, 4.69) is 15.2 Å². The molecule has 10 nitrogen and oxygen atoms in total. The molecular weight excluding hydrogens is 378 g/mol. The van der Waals surface area contributed by atoms with Crippen LogP contribution in [0.15, 0.2) is 36.4 Å². The van der Waals surface area contributed by atoms with Crippen molar-refractivity contribution in [2.75, 3.05) is 13.2 Å². The monoisotopic (exact) mass is 399 g/mol. The molecule has 1 atom stereocenters. The van der Waals surface area contributed by atoms with Crippen LogP contribution in [0.3, 0.4) is 0 Å². The lowest BCUT2D eigenvalue weighted by molar-refractivity contribution is -0.385. The summed E-state index contributed by atoms with van der Waals surface area (Å²) in [6.45, 7) is 4.75. The third-order valence-electron chi connectivity index (χ3n) is 4.15. The fourth-order valence-electron chi connectivity index (χ4n) is 2.77. The van der Waals surface area contributed by atoms with E-state index in [0.29, 0.717) is 36.1 Å². The number of aromatic amines is 1. The summed E-state index contributed by atoms with van der Waals surface area (Å²) >= 11 is 0. The molecule has 0 bridgehead atoms. The Morgan fingerprint density at radius 3 is 2.59 bits per heavy atom. The Hall–Kier alpha value is -3.66. The van der Waals surface area contributed by atoms with Crippen molar-refractivity contribution >= 4 is 5.69 Å². The van der Waals surface area contributed by atoms with Crippen LogP contribution >= 0.6 is 0 Å². The SMILES string of the molecule is CCOc1ccc(C(N)c2nc(-c3ccc(O)c([N+](=O)[O-])c3)n[nH]2)cc1OCC. The van der Waals surface area contributed by atoms with Gasteiger partial charge in [-0.3, -0.25) is 15.2 Å². The average molecular weight is 399 g/mol. The third-order valence-corrected chi connectivity index (χ3v) is 4.15. The molecule has 3 aromatic rings. The summed E-state index contributed by atoms with van der Waals surface area (Å²) in [7, 11) is 0. The van der Waals surface area contributed by atoms with Crippen LogP contribution in [0.1, 0.15) is 31.3 Å². The van der Waals surface area contributed by atoms with Gasteiger partial charge in [-0.25, -0.2) is 4.98 Å². The van der Waals surface area contributed by atoms with Gasteiger partial charge < -0.3 is 20.3 Å². The Morgan fingerprint density at radius 2 is 1.90 bits per heavy atom. The lowest BCUT2D eigenvalue weighted by Crippen LogP contribution is -2.14. The normalized spacial score (nSPS) is 11.8. The first kappa shape index (κ1) is 20.1. The van der Waals surface area contributed by atoms with Crippen molar-refractivity contribution in [3.8, 4) is 28.6 Å². The second-order valence-corrected chi connectivity index (χ2v) is 6.05. The molecule has 1 unspecified atom stereocenters. The number of nitrogens with two attached hydrogens (primary N) is 1. The molecule has 0 fully saturated rings. The molecule has 0 radical (unpaired) electrons. The van der Waals surface area contributed by atoms with Crippen LogP contribution in [0.25, 0.3) is 11.4 Å². The third kappa shape index (κ3) is 4.27. The Kier molecular flexibility index (Phi) is 5.93. The number of phenols is 1. The van der Waals surface area contributed by atoms with Crippen molar-refractivity contribution in [1.82, 2.24) is 15.2 Å². The topological polar surface area (TPSA) is 149 Å². The molecule has 1 heterocycles. The van der Waals surface area contributed by atoms with Gasteiger partial charge in [-0.2, -0.15) is 5.10 Å².